The van der Waals surface area contributed by atoms with Gasteiger partial charge in [-0.2, -0.15) is 0 Å². The van der Waals surface area contributed by atoms with E-state index in [1.54, 1.807) is 0 Å². The zero-order valence-corrected chi connectivity index (χ0v) is 11.8. The Morgan fingerprint density at radius 3 is 2.22 bits per heavy atom. The first kappa shape index (κ1) is 15.4. The lowest BCUT2D eigenvalue weighted by Gasteiger charge is -2.26. The monoisotopic (exact) mass is 256 g/mol. The molecule has 1 rings (SSSR count). The smallest absolute Gasteiger partial charge is 0.322 e. The van der Waals surface area contributed by atoms with E-state index in [0.29, 0.717) is 12.6 Å². The van der Waals surface area contributed by atoms with Crippen molar-refractivity contribution in [3.63, 3.8) is 0 Å². The molecule has 0 radical (unpaired) electrons. The van der Waals surface area contributed by atoms with E-state index in [2.05, 4.69) is 24.1 Å². The fraction of sp³-hybridized carbons (Fsp3) is 0.929. The Morgan fingerprint density at radius 1 is 1.28 bits per heavy atom. The zero-order valence-electron chi connectivity index (χ0n) is 11.8. The van der Waals surface area contributed by atoms with Crippen LogP contribution in [0.25, 0.3) is 0 Å². The second-order valence-corrected chi connectivity index (χ2v) is 5.34. The first-order chi connectivity index (χ1) is 8.67. The number of carboxylic acid groups (broad SMARTS) is 1. The Labute approximate surface area is 111 Å². The van der Waals surface area contributed by atoms with Crippen molar-refractivity contribution in [2.24, 2.45) is 0 Å². The minimum atomic E-state index is -0.708. The molecule has 1 unspecified atom stereocenters. The predicted octanol–water partition coefficient (Wildman–Crippen LogP) is 2.09. The van der Waals surface area contributed by atoms with Gasteiger partial charge in [-0.25, -0.2) is 0 Å². The topological polar surface area (TPSA) is 52.6 Å². The summed E-state index contributed by atoms with van der Waals surface area (Å²) in [6.07, 6.45) is 6.90. The summed E-state index contributed by atoms with van der Waals surface area (Å²) < 4.78 is 0. The number of unbranched alkanes of at least 4 members (excludes halogenated alkanes) is 2. The molecule has 0 heterocycles. The van der Waals surface area contributed by atoms with E-state index in [1.165, 1.54) is 0 Å². The first-order valence-electron chi connectivity index (χ1n) is 7.38. The number of nitrogens with zero attached hydrogens (tertiary/aromatic N) is 1. The third-order valence-corrected chi connectivity index (χ3v) is 3.41. The maximum absolute atomic E-state index is 11.3. The van der Waals surface area contributed by atoms with E-state index in [-0.39, 0.29) is 0 Å². The average molecular weight is 256 g/mol. The third-order valence-electron chi connectivity index (χ3n) is 3.41. The van der Waals surface area contributed by atoms with Crippen LogP contribution in [0.5, 0.6) is 0 Å². The summed E-state index contributed by atoms with van der Waals surface area (Å²) >= 11 is 0. The van der Waals surface area contributed by atoms with Gasteiger partial charge in [-0.3, -0.25) is 4.79 Å². The molecular formula is C14H28N2O2. The van der Waals surface area contributed by atoms with Crippen LogP contribution in [0, 0.1) is 0 Å². The minimum Gasteiger partial charge on any atom is -0.480 e. The molecule has 4 nitrogen and oxygen atoms in total. The molecular weight excluding hydrogens is 228 g/mol. The number of aliphatic carboxylic acids is 1. The molecule has 1 aliphatic carbocycles. The highest BCUT2D eigenvalue weighted by Gasteiger charge is 2.29. The average Bonchev–Trinajstić information content (AvgIpc) is 3.15. The van der Waals surface area contributed by atoms with Gasteiger partial charge < -0.3 is 15.3 Å². The summed E-state index contributed by atoms with van der Waals surface area (Å²) in [7, 11) is 0. The molecule has 1 saturated carbocycles. The summed E-state index contributed by atoms with van der Waals surface area (Å²) in [5.41, 5.74) is 0. The Hall–Kier alpha value is -0.610. The second kappa shape index (κ2) is 8.48. The number of hydrogen-bond donors (Lipinski definition) is 2. The fourth-order valence-electron chi connectivity index (χ4n) is 2.05. The van der Waals surface area contributed by atoms with Crippen molar-refractivity contribution in [1.29, 1.82) is 0 Å². The number of carbonyl (C=O) groups is 1. The standard InChI is InChI=1S/C14H28N2O2/c1-3-5-9-16(10-6-4-2)11-13(14(17)18)15-12-7-8-12/h12-13,15H,3-11H2,1-2H3,(H,17,18). The highest BCUT2D eigenvalue weighted by Crippen LogP contribution is 2.19. The lowest BCUT2D eigenvalue weighted by atomic mass is 10.2. The summed E-state index contributed by atoms with van der Waals surface area (Å²) in [5, 5.41) is 12.5. The number of rotatable bonds is 11. The van der Waals surface area contributed by atoms with E-state index in [1.807, 2.05) is 0 Å². The van der Waals surface area contributed by atoms with Crippen LogP contribution in [0.1, 0.15) is 52.4 Å². The van der Waals surface area contributed by atoms with Crippen LogP contribution < -0.4 is 5.32 Å². The van der Waals surface area contributed by atoms with Crippen molar-refractivity contribution >= 4 is 5.97 Å². The molecule has 0 aliphatic heterocycles. The molecule has 0 aromatic heterocycles. The second-order valence-electron chi connectivity index (χ2n) is 5.34. The molecule has 0 spiro atoms. The van der Waals surface area contributed by atoms with Gasteiger partial charge in [-0.05, 0) is 38.8 Å². The quantitative estimate of drug-likeness (QED) is 0.594. The van der Waals surface area contributed by atoms with Gasteiger partial charge in [0.05, 0.1) is 0 Å². The van der Waals surface area contributed by atoms with Crippen LogP contribution in [0.2, 0.25) is 0 Å². The number of hydrogen-bond acceptors (Lipinski definition) is 3. The van der Waals surface area contributed by atoms with Crippen LogP contribution in [-0.4, -0.2) is 47.7 Å². The van der Waals surface area contributed by atoms with Crippen molar-refractivity contribution in [2.45, 2.75) is 64.5 Å². The Kier molecular flexibility index (Phi) is 7.28. The summed E-state index contributed by atoms with van der Waals surface area (Å²) in [5.74, 6) is -0.708. The molecule has 0 aromatic carbocycles. The molecule has 0 saturated heterocycles. The largest absolute Gasteiger partial charge is 0.480 e. The Balaban J connectivity index is 2.39. The molecule has 1 fully saturated rings. The predicted molar refractivity (Wildman–Crippen MR) is 73.8 cm³/mol. The van der Waals surface area contributed by atoms with E-state index in [4.69, 9.17) is 0 Å². The molecule has 0 bridgehead atoms. The maximum atomic E-state index is 11.3. The molecule has 18 heavy (non-hydrogen) atoms. The van der Waals surface area contributed by atoms with Crippen LogP contribution in [0.15, 0.2) is 0 Å². The van der Waals surface area contributed by atoms with Crippen LogP contribution in [0.3, 0.4) is 0 Å². The van der Waals surface area contributed by atoms with Crippen molar-refractivity contribution in [3.05, 3.63) is 0 Å². The van der Waals surface area contributed by atoms with Crippen molar-refractivity contribution in [2.75, 3.05) is 19.6 Å². The highest BCUT2D eigenvalue weighted by atomic mass is 16.4. The van der Waals surface area contributed by atoms with Gasteiger partial charge in [-0.15, -0.1) is 0 Å². The third kappa shape index (κ3) is 6.36. The fourth-order valence-corrected chi connectivity index (χ4v) is 2.05. The Morgan fingerprint density at radius 2 is 1.83 bits per heavy atom. The van der Waals surface area contributed by atoms with Crippen LogP contribution >= 0.6 is 0 Å². The Bertz CT molecular complexity index is 234. The molecule has 1 aliphatic rings. The molecule has 0 aromatic rings. The molecule has 106 valence electrons. The number of carboxylic acids is 1. The SMILES string of the molecule is CCCCN(CCCC)CC(NC1CC1)C(=O)O. The lowest BCUT2D eigenvalue weighted by Crippen LogP contribution is -2.47. The molecule has 1 atom stereocenters. The summed E-state index contributed by atoms with van der Waals surface area (Å²) in [6.45, 7) is 7.04. The molecule has 0 amide bonds. The van der Waals surface area contributed by atoms with Crippen molar-refractivity contribution < 1.29 is 9.90 Å². The van der Waals surface area contributed by atoms with E-state index in [9.17, 15) is 9.90 Å². The van der Waals surface area contributed by atoms with Crippen LogP contribution in [-0.2, 0) is 4.79 Å². The van der Waals surface area contributed by atoms with Crippen molar-refractivity contribution in [3.8, 4) is 0 Å². The molecule has 4 heteroatoms. The van der Waals surface area contributed by atoms with Gasteiger partial charge in [0.25, 0.3) is 0 Å². The van der Waals surface area contributed by atoms with Crippen LogP contribution in [0.4, 0.5) is 0 Å². The van der Waals surface area contributed by atoms with Gasteiger partial charge in [-0.1, -0.05) is 26.7 Å². The highest BCUT2D eigenvalue weighted by molar-refractivity contribution is 5.73. The van der Waals surface area contributed by atoms with Gasteiger partial charge in [0, 0.05) is 12.6 Å². The maximum Gasteiger partial charge on any atom is 0.322 e. The minimum absolute atomic E-state index is 0.397. The van der Waals surface area contributed by atoms with E-state index < -0.39 is 12.0 Å². The zero-order chi connectivity index (χ0) is 13.4. The number of nitrogens with one attached hydrogen (secondary N) is 1. The molecule has 2 N–H and O–H groups in total. The van der Waals surface area contributed by atoms with E-state index in [0.717, 1.165) is 51.6 Å². The first-order valence-corrected chi connectivity index (χ1v) is 7.38. The van der Waals surface area contributed by atoms with Gasteiger partial charge in [0.15, 0.2) is 0 Å². The normalized spacial score (nSPS) is 17.1. The van der Waals surface area contributed by atoms with Gasteiger partial charge in [0.1, 0.15) is 6.04 Å². The van der Waals surface area contributed by atoms with Gasteiger partial charge >= 0.3 is 5.97 Å². The summed E-state index contributed by atoms with van der Waals surface area (Å²) in [4.78, 5) is 13.6. The van der Waals surface area contributed by atoms with Gasteiger partial charge in [0.2, 0.25) is 0 Å². The summed E-state index contributed by atoms with van der Waals surface area (Å²) in [6, 6.07) is 0.0523. The lowest BCUT2D eigenvalue weighted by molar-refractivity contribution is -0.140. The van der Waals surface area contributed by atoms with E-state index >= 15 is 0 Å². The van der Waals surface area contributed by atoms with Crippen molar-refractivity contribution in [1.82, 2.24) is 10.2 Å².